The Kier molecular flexibility index (Phi) is 8.37. The molecule has 0 saturated carbocycles. The van der Waals surface area contributed by atoms with Gasteiger partial charge in [-0.1, -0.05) is 20.3 Å². The van der Waals surface area contributed by atoms with Crippen LogP contribution in [0, 0.1) is 0 Å². The molecule has 2 aromatic rings. The maximum atomic E-state index is 5.51. The van der Waals surface area contributed by atoms with Crippen molar-refractivity contribution >= 4 is 22.7 Å². The average Bonchev–Trinajstić information content (AvgIpc) is 3.32. The maximum Gasteiger partial charge on any atom is 0.227 e. The minimum absolute atomic E-state index is 0.693. The largest absolute Gasteiger partial charge is 0.493 e. The lowest BCUT2D eigenvalue weighted by molar-refractivity contribution is 0.296. The molecular weight excluding hydrogens is 378 g/mol. The van der Waals surface area contributed by atoms with Crippen LogP contribution in [0.1, 0.15) is 46.0 Å². The van der Waals surface area contributed by atoms with Crippen LogP contribution in [-0.4, -0.2) is 68.4 Å². The van der Waals surface area contributed by atoms with E-state index in [1.807, 2.05) is 12.1 Å². The van der Waals surface area contributed by atoms with E-state index in [0.29, 0.717) is 11.5 Å². The van der Waals surface area contributed by atoms with Gasteiger partial charge in [-0.2, -0.15) is 4.98 Å². The summed E-state index contributed by atoms with van der Waals surface area (Å²) in [5.74, 6) is 3.08. The predicted molar refractivity (Wildman–Crippen MR) is 124 cm³/mol. The van der Waals surface area contributed by atoms with Crippen LogP contribution in [0.3, 0.4) is 0 Å². The first kappa shape index (κ1) is 22.4. The summed E-state index contributed by atoms with van der Waals surface area (Å²) in [4.78, 5) is 14.5. The van der Waals surface area contributed by atoms with E-state index >= 15 is 0 Å². The van der Waals surface area contributed by atoms with Crippen molar-refractivity contribution in [3.8, 4) is 11.5 Å². The molecule has 0 aliphatic carbocycles. The number of anilines is 2. The van der Waals surface area contributed by atoms with Gasteiger partial charge in [-0.15, -0.1) is 0 Å². The highest BCUT2D eigenvalue weighted by Crippen LogP contribution is 2.35. The number of aromatic nitrogens is 2. The summed E-state index contributed by atoms with van der Waals surface area (Å²) in [7, 11) is 3.32. The highest BCUT2D eigenvalue weighted by atomic mass is 16.5. The summed E-state index contributed by atoms with van der Waals surface area (Å²) < 4.78 is 11.0. The minimum Gasteiger partial charge on any atom is -0.493 e. The molecule has 0 unspecified atom stereocenters. The second-order valence-corrected chi connectivity index (χ2v) is 7.81. The molecule has 1 saturated heterocycles. The predicted octanol–water partition coefficient (Wildman–Crippen LogP) is 4.17. The molecule has 3 rings (SSSR count). The zero-order valence-electron chi connectivity index (χ0n) is 19.0. The van der Waals surface area contributed by atoms with Crippen LogP contribution in [0.15, 0.2) is 12.1 Å². The van der Waals surface area contributed by atoms with Gasteiger partial charge < -0.3 is 24.6 Å². The third kappa shape index (κ3) is 5.45. The lowest BCUT2D eigenvalue weighted by atomic mass is 10.2. The van der Waals surface area contributed by atoms with Gasteiger partial charge in [-0.25, -0.2) is 4.98 Å². The van der Waals surface area contributed by atoms with Crippen LogP contribution < -0.4 is 19.7 Å². The Bertz CT molecular complexity index is 804. The number of benzene rings is 1. The van der Waals surface area contributed by atoms with Gasteiger partial charge in [-0.05, 0) is 51.4 Å². The molecule has 1 fully saturated rings. The molecule has 0 atom stereocenters. The fourth-order valence-electron chi connectivity index (χ4n) is 4.02. The summed E-state index contributed by atoms with van der Waals surface area (Å²) in [6.07, 6.45) is 5.96. The van der Waals surface area contributed by atoms with Gasteiger partial charge in [0, 0.05) is 31.1 Å². The molecular formula is C23H37N5O2. The third-order valence-corrected chi connectivity index (χ3v) is 5.92. The van der Waals surface area contributed by atoms with Crippen LogP contribution in [0.25, 0.3) is 10.9 Å². The van der Waals surface area contributed by atoms with Crippen molar-refractivity contribution in [2.24, 2.45) is 0 Å². The summed E-state index contributed by atoms with van der Waals surface area (Å²) in [5.41, 5.74) is 0.883. The van der Waals surface area contributed by atoms with Crippen LogP contribution >= 0.6 is 0 Å². The van der Waals surface area contributed by atoms with E-state index in [4.69, 9.17) is 19.4 Å². The maximum absolute atomic E-state index is 5.51. The van der Waals surface area contributed by atoms with E-state index in [0.717, 1.165) is 61.8 Å². The molecule has 0 spiro atoms. The number of ether oxygens (including phenoxy) is 2. The second-order valence-electron chi connectivity index (χ2n) is 7.81. The first-order valence-corrected chi connectivity index (χ1v) is 11.3. The molecule has 2 heterocycles. The molecule has 0 radical (unpaired) electrons. The monoisotopic (exact) mass is 415 g/mol. The second kappa shape index (κ2) is 11.2. The fourth-order valence-corrected chi connectivity index (χ4v) is 4.02. The fraction of sp³-hybridized carbons (Fsp3) is 0.652. The number of hydrogen-bond donors (Lipinski definition) is 1. The summed E-state index contributed by atoms with van der Waals surface area (Å²) in [6.45, 7) is 10.8. The van der Waals surface area contributed by atoms with Gasteiger partial charge in [0.15, 0.2) is 11.5 Å². The number of unbranched alkanes of at least 4 members (excludes halogenated alkanes) is 2. The van der Waals surface area contributed by atoms with Crippen LogP contribution in [0.5, 0.6) is 11.5 Å². The highest BCUT2D eigenvalue weighted by molar-refractivity contribution is 5.92. The topological polar surface area (TPSA) is 62.8 Å². The molecule has 1 aliphatic heterocycles. The minimum atomic E-state index is 0.693. The lowest BCUT2D eigenvalue weighted by Crippen LogP contribution is -2.24. The molecule has 1 N–H and O–H groups in total. The van der Waals surface area contributed by atoms with Gasteiger partial charge >= 0.3 is 0 Å². The number of methoxy groups -OCH3 is 2. The summed E-state index contributed by atoms with van der Waals surface area (Å²) in [5, 5.41) is 4.54. The van der Waals surface area contributed by atoms with E-state index in [-0.39, 0.29) is 0 Å². The van der Waals surface area contributed by atoms with E-state index in [9.17, 15) is 0 Å². The van der Waals surface area contributed by atoms with E-state index in [1.54, 1.807) is 14.2 Å². The number of rotatable bonds is 12. The standard InChI is InChI=1S/C23H37N5O2/c1-5-27(6-2)13-9-7-8-12-24-22-18-16-20(29-3)21(30-4)17-19(18)25-23(26-22)28-14-10-11-15-28/h16-17H,5-15H2,1-4H3,(H,24,25,26). The Hall–Kier alpha value is -2.28. The summed E-state index contributed by atoms with van der Waals surface area (Å²) >= 11 is 0. The van der Waals surface area contributed by atoms with Gasteiger partial charge in [0.2, 0.25) is 5.95 Å². The molecule has 0 bridgehead atoms. The third-order valence-electron chi connectivity index (χ3n) is 5.92. The Morgan fingerprint density at radius 3 is 2.33 bits per heavy atom. The number of hydrogen-bond acceptors (Lipinski definition) is 7. The van der Waals surface area contributed by atoms with Gasteiger partial charge in [-0.3, -0.25) is 0 Å². The zero-order valence-corrected chi connectivity index (χ0v) is 19.0. The zero-order chi connectivity index (χ0) is 21.3. The molecule has 1 aromatic carbocycles. The van der Waals surface area contributed by atoms with Gasteiger partial charge in [0.25, 0.3) is 0 Å². The van der Waals surface area contributed by atoms with Crippen molar-refractivity contribution in [3.63, 3.8) is 0 Å². The molecule has 1 aromatic heterocycles. The van der Waals surface area contributed by atoms with E-state index < -0.39 is 0 Å². The van der Waals surface area contributed by atoms with Crippen molar-refractivity contribution in [1.82, 2.24) is 14.9 Å². The Balaban J connectivity index is 1.73. The molecule has 166 valence electrons. The Morgan fingerprint density at radius 1 is 0.967 bits per heavy atom. The summed E-state index contributed by atoms with van der Waals surface area (Å²) in [6, 6.07) is 3.93. The molecule has 1 aliphatic rings. The Labute approximate surface area is 180 Å². The van der Waals surface area contributed by atoms with Gasteiger partial charge in [0.05, 0.1) is 19.7 Å². The Morgan fingerprint density at radius 2 is 1.67 bits per heavy atom. The first-order valence-electron chi connectivity index (χ1n) is 11.3. The van der Waals surface area contributed by atoms with E-state index in [1.165, 1.54) is 32.2 Å². The van der Waals surface area contributed by atoms with Crippen molar-refractivity contribution in [2.75, 3.05) is 63.7 Å². The quantitative estimate of drug-likeness (QED) is 0.522. The average molecular weight is 416 g/mol. The smallest absolute Gasteiger partial charge is 0.227 e. The number of nitrogens with zero attached hydrogens (tertiary/aromatic N) is 4. The van der Waals surface area contributed by atoms with Crippen molar-refractivity contribution in [3.05, 3.63) is 12.1 Å². The SMILES string of the molecule is CCN(CC)CCCCCNc1nc(N2CCCC2)nc2cc(OC)c(OC)cc12. The number of nitrogens with one attached hydrogen (secondary N) is 1. The van der Waals surface area contributed by atoms with E-state index in [2.05, 4.69) is 29.0 Å². The molecule has 30 heavy (non-hydrogen) atoms. The lowest BCUT2D eigenvalue weighted by Gasteiger charge is -2.19. The van der Waals surface area contributed by atoms with Crippen molar-refractivity contribution in [1.29, 1.82) is 0 Å². The molecule has 0 amide bonds. The van der Waals surface area contributed by atoms with Crippen LogP contribution in [-0.2, 0) is 0 Å². The number of fused-ring (bicyclic) bond motifs is 1. The normalized spacial score (nSPS) is 14.0. The first-order chi connectivity index (χ1) is 14.7. The van der Waals surface area contributed by atoms with Crippen molar-refractivity contribution < 1.29 is 9.47 Å². The van der Waals surface area contributed by atoms with Crippen molar-refractivity contribution in [2.45, 2.75) is 46.0 Å². The van der Waals surface area contributed by atoms with Crippen LogP contribution in [0.4, 0.5) is 11.8 Å². The van der Waals surface area contributed by atoms with Gasteiger partial charge in [0.1, 0.15) is 5.82 Å². The molecule has 7 nitrogen and oxygen atoms in total. The highest BCUT2D eigenvalue weighted by Gasteiger charge is 2.19. The van der Waals surface area contributed by atoms with Crippen LogP contribution in [0.2, 0.25) is 0 Å². The molecule has 7 heteroatoms.